The second kappa shape index (κ2) is 9.44. The summed E-state index contributed by atoms with van der Waals surface area (Å²) < 4.78 is 11.1. The second-order valence-electron chi connectivity index (χ2n) is 7.14. The summed E-state index contributed by atoms with van der Waals surface area (Å²) in [6.45, 7) is 4.61. The van der Waals surface area contributed by atoms with Crippen LogP contribution in [0.5, 0.6) is 5.75 Å². The van der Waals surface area contributed by atoms with Crippen LogP contribution >= 0.6 is 0 Å². The first kappa shape index (κ1) is 20.6. The Hall–Kier alpha value is -3.65. The van der Waals surface area contributed by atoms with E-state index in [1.807, 2.05) is 48.5 Å². The zero-order valence-electron chi connectivity index (χ0n) is 17.6. The van der Waals surface area contributed by atoms with Crippen molar-refractivity contribution in [3.05, 3.63) is 54.7 Å². The number of nitrogens with one attached hydrogen (secondary N) is 2. The quantitative estimate of drug-likeness (QED) is 0.630. The van der Waals surface area contributed by atoms with E-state index in [0.29, 0.717) is 5.95 Å². The first-order valence-corrected chi connectivity index (χ1v) is 10.1. The summed E-state index contributed by atoms with van der Waals surface area (Å²) >= 11 is 0. The van der Waals surface area contributed by atoms with E-state index >= 15 is 0 Å². The van der Waals surface area contributed by atoms with Gasteiger partial charge in [0.15, 0.2) is 0 Å². The first-order valence-electron chi connectivity index (χ1n) is 10.1. The van der Waals surface area contributed by atoms with Gasteiger partial charge in [0.2, 0.25) is 11.9 Å². The van der Waals surface area contributed by atoms with E-state index in [1.54, 1.807) is 13.3 Å². The number of carbonyl (C=O) groups is 1. The van der Waals surface area contributed by atoms with Crippen molar-refractivity contribution in [2.75, 3.05) is 48.9 Å². The van der Waals surface area contributed by atoms with Gasteiger partial charge >= 0.3 is 0 Å². The van der Waals surface area contributed by atoms with Gasteiger partial charge in [-0.25, -0.2) is 9.97 Å². The Bertz CT molecular complexity index is 1050. The molecular weight excluding hydrogens is 394 g/mol. The number of amides is 1. The first-order chi connectivity index (χ1) is 15.1. The van der Waals surface area contributed by atoms with Crippen LogP contribution in [0.4, 0.5) is 23.0 Å². The number of carbonyl (C=O) groups excluding carboxylic acids is 1. The molecule has 1 aliphatic heterocycles. The van der Waals surface area contributed by atoms with Crippen LogP contribution in [0.15, 0.2) is 54.7 Å². The fourth-order valence-corrected chi connectivity index (χ4v) is 3.46. The van der Waals surface area contributed by atoms with E-state index in [0.717, 1.165) is 60.4 Å². The third-order valence-electron chi connectivity index (χ3n) is 4.94. The Morgan fingerprint density at radius 1 is 1.06 bits per heavy atom. The van der Waals surface area contributed by atoms with Crippen molar-refractivity contribution in [2.45, 2.75) is 6.92 Å². The third-order valence-corrected chi connectivity index (χ3v) is 4.94. The average molecular weight is 419 g/mol. The fourth-order valence-electron chi connectivity index (χ4n) is 3.46. The number of ether oxygens (including phenoxy) is 2. The van der Waals surface area contributed by atoms with Crippen LogP contribution in [0.25, 0.3) is 11.3 Å². The van der Waals surface area contributed by atoms with E-state index in [4.69, 9.17) is 9.47 Å². The summed E-state index contributed by atoms with van der Waals surface area (Å²) in [5.41, 5.74) is 4.34. The summed E-state index contributed by atoms with van der Waals surface area (Å²) in [6.07, 6.45) is 1.71. The highest BCUT2D eigenvalue weighted by Crippen LogP contribution is 2.32. The molecule has 8 heteroatoms. The Labute approximate surface area is 181 Å². The van der Waals surface area contributed by atoms with Crippen LogP contribution in [0.1, 0.15) is 6.92 Å². The molecule has 1 amide bonds. The van der Waals surface area contributed by atoms with Gasteiger partial charge in [-0.05, 0) is 30.3 Å². The van der Waals surface area contributed by atoms with Gasteiger partial charge in [-0.2, -0.15) is 0 Å². The molecule has 2 heterocycles. The number of benzene rings is 2. The number of hydrogen-bond acceptors (Lipinski definition) is 7. The summed E-state index contributed by atoms with van der Waals surface area (Å²) in [5.74, 6) is 1.18. The Balaban J connectivity index is 1.51. The van der Waals surface area contributed by atoms with Crippen molar-refractivity contribution in [2.24, 2.45) is 0 Å². The molecule has 0 aliphatic carbocycles. The largest absolute Gasteiger partial charge is 0.495 e. The molecule has 31 heavy (non-hydrogen) atoms. The van der Waals surface area contributed by atoms with Crippen molar-refractivity contribution in [3.8, 4) is 17.0 Å². The molecule has 2 aromatic carbocycles. The number of methoxy groups -OCH3 is 1. The molecule has 4 rings (SSSR count). The van der Waals surface area contributed by atoms with Gasteiger partial charge in [0, 0.05) is 49.2 Å². The topological polar surface area (TPSA) is 88.6 Å². The molecule has 1 aliphatic rings. The van der Waals surface area contributed by atoms with Gasteiger partial charge in [0.25, 0.3) is 0 Å². The van der Waals surface area contributed by atoms with Crippen molar-refractivity contribution < 1.29 is 14.3 Å². The van der Waals surface area contributed by atoms with Gasteiger partial charge in [0.1, 0.15) is 5.75 Å². The lowest BCUT2D eigenvalue weighted by molar-refractivity contribution is -0.114. The molecule has 2 N–H and O–H groups in total. The highest BCUT2D eigenvalue weighted by Gasteiger charge is 2.16. The second-order valence-corrected chi connectivity index (χ2v) is 7.14. The monoisotopic (exact) mass is 419 g/mol. The predicted octanol–water partition coefficient (Wildman–Crippen LogP) is 3.69. The minimum atomic E-state index is -0.101. The smallest absolute Gasteiger partial charge is 0.227 e. The highest BCUT2D eigenvalue weighted by atomic mass is 16.5. The third kappa shape index (κ3) is 5.10. The maximum Gasteiger partial charge on any atom is 0.227 e. The van der Waals surface area contributed by atoms with Gasteiger partial charge in [0.05, 0.1) is 31.7 Å². The van der Waals surface area contributed by atoms with Crippen LogP contribution in [0.3, 0.4) is 0 Å². The highest BCUT2D eigenvalue weighted by molar-refractivity contribution is 5.88. The van der Waals surface area contributed by atoms with Gasteiger partial charge in [-0.15, -0.1) is 0 Å². The van der Waals surface area contributed by atoms with Crippen LogP contribution in [-0.2, 0) is 9.53 Å². The summed E-state index contributed by atoms with van der Waals surface area (Å²) in [7, 11) is 1.67. The number of aromatic nitrogens is 2. The Morgan fingerprint density at radius 2 is 1.81 bits per heavy atom. The van der Waals surface area contributed by atoms with Crippen molar-refractivity contribution in [3.63, 3.8) is 0 Å². The fraction of sp³-hybridized carbons (Fsp3) is 0.261. The van der Waals surface area contributed by atoms with E-state index in [-0.39, 0.29) is 5.91 Å². The van der Waals surface area contributed by atoms with Crippen LogP contribution in [0.2, 0.25) is 0 Å². The molecular formula is C23H25N5O3. The molecule has 0 spiro atoms. The van der Waals surface area contributed by atoms with Crippen LogP contribution in [0, 0.1) is 0 Å². The molecule has 0 bridgehead atoms. The van der Waals surface area contributed by atoms with Gasteiger partial charge < -0.3 is 25.0 Å². The Kier molecular flexibility index (Phi) is 6.28. The van der Waals surface area contributed by atoms with Crippen LogP contribution < -0.4 is 20.3 Å². The van der Waals surface area contributed by atoms with E-state index in [2.05, 4.69) is 25.5 Å². The van der Waals surface area contributed by atoms with E-state index in [9.17, 15) is 4.79 Å². The van der Waals surface area contributed by atoms with Gasteiger partial charge in [-0.3, -0.25) is 4.79 Å². The van der Waals surface area contributed by atoms with Crippen molar-refractivity contribution >= 4 is 28.9 Å². The minimum absolute atomic E-state index is 0.101. The molecule has 0 radical (unpaired) electrons. The molecule has 3 aromatic rings. The molecule has 8 nitrogen and oxygen atoms in total. The normalized spacial score (nSPS) is 13.5. The summed E-state index contributed by atoms with van der Waals surface area (Å²) in [6, 6.07) is 15.4. The number of hydrogen-bond donors (Lipinski definition) is 2. The lowest BCUT2D eigenvalue weighted by Crippen LogP contribution is -2.36. The number of anilines is 4. The lowest BCUT2D eigenvalue weighted by atomic mass is 10.1. The maximum atomic E-state index is 11.2. The number of nitrogens with zero attached hydrogens (tertiary/aromatic N) is 3. The lowest BCUT2D eigenvalue weighted by Gasteiger charge is -2.30. The predicted molar refractivity (Wildman–Crippen MR) is 121 cm³/mol. The standard InChI is InChI=1S/C23H25N5O3/c1-16(29)25-18-5-3-17(4-6-18)20-9-10-24-23(27-20)26-19-7-8-21(22(15-19)30-2)28-11-13-31-14-12-28/h3-10,15H,11-14H2,1-2H3,(H,25,29)(H,24,26,27). The van der Waals surface area contributed by atoms with Crippen molar-refractivity contribution in [1.29, 1.82) is 0 Å². The molecule has 160 valence electrons. The number of rotatable bonds is 6. The molecule has 0 unspecified atom stereocenters. The Morgan fingerprint density at radius 3 is 2.52 bits per heavy atom. The summed E-state index contributed by atoms with van der Waals surface area (Å²) in [4.78, 5) is 22.4. The molecule has 1 saturated heterocycles. The number of morpholine rings is 1. The molecule has 1 fully saturated rings. The molecule has 0 atom stereocenters. The summed E-state index contributed by atoms with van der Waals surface area (Å²) in [5, 5.41) is 6.01. The average Bonchev–Trinajstić information content (AvgIpc) is 2.80. The SMILES string of the molecule is COc1cc(Nc2nccc(-c3ccc(NC(C)=O)cc3)n2)ccc1N1CCOCC1. The molecule has 0 saturated carbocycles. The van der Waals surface area contributed by atoms with Gasteiger partial charge in [-0.1, -0.05) is 12.1 Å². The van der Waals surface area contributed by atoms with Crippen molar-refractivity contribution in [1.82, 2.24) is 9.97 Å². The van der Waals surface area contributed by atoms with Crippen LogP contribution in [-0.4, -0.2) is 49.3 Å². The minimum Gasteiger partial charge on any atom is -0.495 e. The van der Waals surface area contributed by atoms with E-state index in [1.165, 1.54) is 6.92 Å². The van der Waals surface area contributed by atoms with E-state index < -0.39 is 0 Å². The zero-order chi connectivity index (χ0) is 21.6. The zero-order valence-corrected chi connectivity index (χ0v) is 17.6. The maximum absolute atomic E-state index is 11.2. The molecule has 1 aromatic heterocycles.